The average molecular weight is 162 g/mol. The summed E-state index contributed by atoms with van der Waals surface area (Å²) < 4.78 is 3.68. The van der Waals surface area contributed by atoms with Crippen LogP contribution in [0.5, 0.6) is 0 Å². The first-order valence-electron chi connectivity index (χ1n) is 2.68. The predicted molar refractivity (Wildman–Crippen MR) is 42.5 cm³/mol. The number of nitrogens with two attached hydrogens (primary N) is 2. The van der Waals surface area contributed by atoms with Gasteiger partial charge in [-0.2, -0.15) is 4.40 Å². The number of hydrogen-bond acceptors (Lipinski definition) is 3. The number of primary amides is 1. The lowest BCUT2D eigenvalue weighted by Crippen LogP contribution is -2.39. The monoisotopic (exact) mass is 162 g/mol. The topological polar surface area (TPSA) is 93.5 Å². The average Bonchev–Trinajstić information content (AvgIpc) is 1.82. The van der Waals surface area contributed by atoms with E-state index >= 15 is 0 Å². The molecule has 0 aliphatic heterocycles. The normalized spacial score (nSPS) is 11.1. The highest BCUT2D eigenvalue weighted by Gasteiger charge is 1.93. The van der Waals surface area contributed by atoms with E-state index in [-0.39, 0.29) is 5.96 Å². The lowest BCUT2D eigenvalue weighted by atomic mass is 10.9. The fraction of sp³-hybridized carbons (Fsp3) is 0.500. The Hall–Kier alpha value is -0.910. The molecular weight excluding hydrogens is 152 g/mol. The van der Waals surface area contributed by atoms with Gasteiger partial charge >= 0.3 is 6.03 Å². The Bertz CT molecular complexity index is 146. The Balaban J connectivity index is 3.59. The number of guanidine groups is 1. The van der Waals surface area contributed by atoms with Gasteiger partial charge in [0.2, 0.25) is 5.96 Å². The van der Waals surface area contributed by atoms with Crippen molar-refractivity contribution >= 4 is 23.9 Å². The van der Waals surface area contributed by atoms with Crippen LogP contribution in [0, 0.1) is 0 Å². The molecule has 2 amide bonds. The molecule has 58 valence electrons. The molecule has 10 heavy (non-hydrogen) atoms. The Kier molecular flexibility index (Phi) is 4.47. The van der Waals surface area contributed by atoms with Crippen molar-refractivity contribution in [2.24, 2.45) is 15.9 Å². The molecule has 0 aromatic carbocycles. The Labute approximate surface area is 63.4 Å². The van der Waals surface area contributed by atoms with Crippen LogP contribution in [0.4, 0.5) is 4.79 Å². The van der Waals surface area contributed by atoms with Gasteiger partial charge in [-0.05, 0) is 11.9 Å². The molecule has 0 aliphatic carbocycles. The molecule has 5 N–H and O–H groups in total. The van der Waals surface area contributed by atoms with Crippen LogP contribution in [0.1, 0.15) is 6.92 Å². The van der Waals surface area contributed by atoms with Gasteiger partial charge in [0.25, 0.3) is 0 Å². The second-order valence-corrected chi connectivity index (χ2v) is 2.40. The van der Waals surface area contributed by atoms with Gasteiger partial charge in [-0.3, -0.25) is 5.32 Å². The van der Waals surface area contributed by atoms with Gasteiger partial charge < -0.3 is 11.5 Å². The van der Waals surface area contributed by atoms with Crippen molar-refractivity contribution in [3.63, 3.8) is 0 Å². The van der Waals surface area contributed by atoms with Crippen LogP contribution in [0.25, 0.3) is 0 Å². The van der Waals surface area contributed by atoms with Crippen molar-refractivity contribution in [1.82, 2.24) is 5.32 Å². The highest BCUT2D eigenvalue weighted by atomic mass is 32.2. The van der Waals surface area contributed by atoms with Crippen molar-refractivity contribution < 1.29 is 4.79 Å². The quantitative estimate of drug-likeness (QED) is 0.294. The number of urea groups is 1. The zero-order valence-corrected chi connectivity index (χ0v) is 6.44. The fourth-order valence-electron chi connectivity index (χ4n) is 0.283. The van der Waals surface area contributed by atoms with E-state index in [4.69, 9.17) is 11.5 Å². The van der Waals surface area contributed by atoms with Gasteiger partial charge in [-0.25, -0.2) is 4.79 Å². The third-order valence-electron chi connectivity index (χ3n) is 0.543. The number of amides is 2. The third-order valence-corrected chi connectivity index (χ3v) is 1.13. The van der Waals surface area contributed by atoms with E-state index in [1.54, 1.807) is 0 Å². The first-order chi connectivity index (χ1) is 4.66. The Morgan fingerprint density at radius 2 is 2.30 bits per heavy atom. The highest BCUT2D eigenvalue weighted by Crippen LogP contribution is 1.97. The zero-order valence-electron chi connectivity index (χ0n) is 5.63. The summed E-state index contributed by atoms with van der Waals surface area (Å²) in [6.45, 7) is 1.92. The van der Waals surface area contributed by atoms with Crippen LogP contribution in [-0.4, -0.2) is 17.7 Å². The summed E-state index contributed by atoms with van der Waals surface area (Å²) in [6.07, 6.45) is 0. The molecule has 0 bridgehead atoms. The van der Waals surface area contributed by atoms with Crippen LogP contribution in [0.2, 0.25) is 0 Å². The standard InChI is InChI=1S/C4H10N4OS/c1-2-10-8-3(5)7-4(6)9/h2H2,1H3,(H5,5,6,7,8,9). The van der Waals surface area contributed by atoms with E-state index in [1.165, 1.54) is 11.9 Å². The first kappa shape index (κ1) is 9.09. The third kappa shape index (κ3) is 5.23. The molecule has 0 aromatic heterocycles. The van der Waals surface area contributed by atoms with E-state index < -0.39 is 6.03 Å². The highest BCUT2D eigenvalue weighted by molar-refractivity contribution is 7.98. The lowest BCUT2D eigenvalue weighted by Gasteiger charge is -1.96. The molecule has 0 heterocycles. The van der Waals surface area contributed by atoms with Gasteiger partial charge in [0.05, 0.1) is 0 Å². The summed E-state index contributed by atoms with van der Waals surface area (Å²) >= 11 is 1.25. The largest absolute Gasteiger partial charge is 0.369 e. The molecule has 0 unspecified atom stereocenters. The maximum atomic E-state index is 10.1. The summed E-state index contributed by atoms with van der Waals surface area (Å²) in [5.41, 5.74) is 9.92. The van der Waals surface area contributed by atoms with E-state index in [0.29, 0.717) is 0 Å². The smallest absolute Gasteiger partial charge is 0.318 e. The summed E-state index contributed by atoms with van der Waals surface area (Å²) in [4.78, 5) is 10.1. The molecule has 0 radical (unpaired) electrons. The van der Waals surface area contributed by atoms with Crippen LogP contribution < -0.4 is 16.8 Å². The molecule has 0 aromatic rings. The van der Waals surface area contributed by atoms with Gasteiger partial charge in [0.1, 0.15) is 0 Å². The van der Waals surface area contributed by atoms with Crippen LogP contribution >= 0.6 is 11.9 Å². The zero-order chi connectivity index (χ0) is 7.98. The van der Waals surface area contributed by atoms with Gasteiger partial charge in [0.15, 0.2) is 0 Å². The molecule has 6 heteroatoms. The Morgan fingerprint density at radius 3 is 2.70 bits per heavy atom. The fourth-order valence-corrected chi connectivity index (χ4v) is 0.597. The van der Waals surface area contributed by atoms with Crippen LogP contribution in [-0.2, 0) is 0 Å². The Morgan fingerprint density at radius 1 is 1.70 bits per heavy atom. The number of nitrogens with one attached hydrogen (secondary N) is 1. The molecule has 0 fully saturated rings. The molecule has 5 nitrogen and oxygen atoms in total. The van der Waals surface area contributed by atoms with Crippen molar-refractivity contribution in [3.05, 3.63) is 0 Å². The number of carbonyl (C=O) groups is 1. The second kappa shape index (κ2) is 4.92. The minimum atomic E-state index is -0.696. The molecule has 0 atom stereocenters. The summed E-state index contributed by atoms with van der Waals surface area (Å²) in [6, 6.07) is -0.696. The minimum Gasteiger partial charge on any atom is -0.369 e. The molecule has 0 saturated heterocycles. The molecule has 0 spiro atoms. The summed E-state index contributed by atoms with van der Waals surface area (Å²) in [5, 5.41) is 2.12. The SMILES string of the molecule is CCSN=C(N)NC(N)=O. The second-order valence-electron chi connectivity index (χ2n) is 1.38. The van der Waals surface area contributed by atoms with Gasteiger partial charge in [-0.15, -0.1) is 0 Å². The number of rotatable bonds is 2. The number of carbonyl (C=O) groups excluding carboxylic acids is 1. The van der Waals surface area contributed by atoms with E-state index in [0.717, 1.165) is 5.75 Å². The number of nitrogens with zero attached hydrogens (tertiary/aromatic N) is 1. The van der Waals surface area contributed by atoms with Crippen molar-refractivity contribution in [2.45, 2.75) is 6.92 Å². The first-order valence-corrected chi connectivity index (χ1v) is 3.63. The number of hydrogen-bond donors (Lipinski definition) is 3. The molecule has 0 saturated carbocycles. The van der Waals surface area contributed by atoms with E-state index in [1.807, 2.05) is 6.92 Å². The maximum Gasteiger partial charge on any atom is 0.318 e. The molecular formula is C4H10N4OS. The van der Waals surface area contributed by atoms with Crippen LogP contribution in [0.15, 0.2) is 4.40 Å². The van der Waals surface area contributed by atoms with E-state index in [9.17, 15) is 4.79 Å². The maximum absolute atomic E-state index is 10.1. The molecule has 0 aliphatic rings. The van der Waals surface area contributed by atoms with Gasteiger partial charge in [0, 0.05) is 5.75 Å². The van der Waals surface area contributed by atoms with Gasteiger partial charge in [-0.1, -0.05) is 6.92 Å². The van der Waals surface area contributed by atoms with Crippen molar-refractivity contribution in [2.75, 3.05) is 5.75 Å². The van der Waals surface area contributed by atoms with Crippen molar-refractivity contribution in [1.29, 1.82) is 0 Å². The molecule has 0 rings (SSSR count). The predicted octanol–water partition coefficient (Wildman–Crippen LogP) is -0.362. The van der Waals surface area contributed by atoms with E-state index in [2.05, 4.69) is 9.71 Å². The summed E-state index contributed by atoms with van der Waals surface area (Å²) in [5.74, 6) is 0.848. The lowest BCUT2D eigenvalue weighted by molar-refractivity contribution is 0.253. The van der Waals surface area contributed by atoms with Crippen LogP contribution in [0.3, 0.4) is 0 Å². The summed E-state index contributed by atoms with van der Waals surface area (Å²) in [7, 11) is 0. The minimum absolute atomic E-state index is 0.0411. The van der Waals surface area contributed by atoms with Crippen molar-refractivity contribution in [3.8, 4) is 0 Å².